The SMILES string of the molecule is CCOC(=O)C(=CNc1ccc(Cl)nn1)C(=O)OCC. The first kappa shape index (κ1) is 15.9. The molecule has 0 aliphatic rings. The molecule has 1 N–H and O–H groups in total. The molecule has 0 radical (unpaired) electrons. The number of esters is 2. The Morgan fingerprint density at radius 2 is 1.80 bits per heavy atom. The Balaban J connectivity index is 2.86. The second-order valence-electron chi connectivity index (χ2n) is 3.38. The average molecular weight is 300 g/mol. The van der Waals surface area contributed by atoms with Crippen LogP contribution < -0.4 is 5.32 Å². The molecule has 1 aromatic heterocycles. The highest BCUT2D eigenvalue weighted by Crippen LogP contribution is 2.08. The molecule has 1 rings (SSSR count). The first-order valence-electron chi connectivity index (χ1n) is 5.88. The maximum absolute atomic E-state index is 11.6. The van der Waals surface area contributed by atoms with Gasteiger partial charge in [-0.25, -0.2) is 9.59 Å². The second kappa shape index (κ2) is 8.11. The summed E-state index contributed by atoms with van der Waals surface area (Å²) in [6.07, 6.45) is 1.16. The molecular formula is C12H14ClN3O4. The Labute approximate surface area is 120 Å². The van der Waals surface area contributed by atoms with Crippen LogP contribution in [0.1, 0.15) is 13.8 Å². The van der Waals surface area contributed by atoms with Crippen LogP contribution in [0.5, 0.6) is 0 Å². The van der Waals surface area contributed by atoms with E-state index in [0.29, 0.717) is 5.82 Å². The minimum atomic E-state index is -0.777. The Bertz CT molecular complexity index is 482. The Hall–Kier alpha value is -2.15. The minimum Gasteiger partial charge on any atom is -0.462 e. The highest BCUT2D eigenvalue weighted by atomic mass is 35.5. The van der Waals surface area contributed by atoms with E-state index in [4.69, 9.17) is 21.1 Å². The lowest BCUT2D eigenvalue weighted by atomic mass is 10.3. The number of hydrogen-bond donors (Lipinski definition) is 1. The molecule has 7 nitrogen and oxygen atoms in total. The third-order valence-electron chi connectivity index (χ3n) is 1.99. The number of nitrogens with one attached hydrogen (secondary N) is 1. The number of carbonyl (C=O) groups is 2. The van der Waals surface area contributed by atoms with Gasteiger partial charge in [-0.05, 0) is 26.0 Å². The molecule has 108 valence electrons. The normalized spacial score (nSPS) is 9.55. The summed E-state index contributed by atoms with van der Waals surface area (Å²) in [6, 6.07) is 3.05. The molecule has 0 aliphatic heterocycles. The number of nitrogens with zero attached hydrogens (tertiary/aromatic N) is 2. The lowest BCUT2D eigenvalue weighted by Gasteiger charge is -2.07. The van der Waals surface area contributed by atoms with Gasteiger partial charge in [0.2, 0.25) is 0 Å². The molecule has 0 saturated carbocycles. The number of hydrogen-bond acceptors (Lipinski definition) is 7. The van der Waals surface area contributed by atoms with Gasteiger partial charge in [-0.15, -0.1) is 10.2 Å². The van der Waals surface area contributed by atoms with Crippen LogP contribution in [0.25, 0.3) is 0 Å². The minimum absolute atomic E-state index is 0.149. The summed E-state index contributed by atoms with van der Waals surface area (Å²) in [7, 11) is 0. The van der Waals surface area contributed by atoms with Crippen LogP contribution in [0.2, 0.25) is 5.15 Å². The molecule has 0 spiro atoms. The van der Waals surface area contributed by atoms with E-state index in [-0.39, 0.29) is 23.9 Å². The molecule has 0 bridgehead atoms. The van der Waals surface area contributed by atoms with E-state index in [9.17, 15) is 9.59 Å². The third kappa shape index (κ3) is 4.85. The number of anilines is 1. The van der Waals surface area contributed by atoms with E-state index in [1.807, 2.05) is 0 Å². The summed E-state index contributed by atoms with van der Waals surface area (Å²) >= 11 is 5.59. The van der Waals surface area contributed by atoms with Crippen molar-refractivity contribution in [3.8, 4) is 0 Å². The standard InChI is InChI=1S/C12H14ClN3O4/c1-3-19-11(17)8(12(18)20-4-2)7-14-10-6-5-9(13)15-16-10/h5-7H,3-4H2,1-2H3,(H,14,16). The molecule has 8 heteroatoms. The smallest absolute Gasteiger partial charge is 0.347 e. The molecular weight excluding hydrogens is 286 g/mol. The van der Waals surface area contributed by atoms with Crippen LogP contribution in [-0.4, -0.2) is 35.3 Å². The van der Waals surface area contributed by atoms with Gasteiger partial charge in [-0.3, -0.25) is 0 Å². The molecule has 0 amide bonds. The van der Waals surface area contributed by atoms with Crippen LogP contribution in [0.3, 0.4) is 0 Å². The highest BCUT2D eigenvalue weighted by molar-refractivity contribution is 6.29. The zero-order valence-corrected chi connectivity index (χ0v) is 11.8. The van der Waals surface area contributed by atoms with E-state index < -0.39 is 11.9 Å². The van der Waals surface area contributed by atoms with Crippen LogP contribution in [0, 0.1) is 0 Å². The molecule has 0 saturated heterocycles. The first-order chi connectivity index (χ1) is 9.58. The predicted molar refractivity (Wildman–Crippen MR) is 72.0 cm³/mol. The van der Waals surface area contributed by atoms with Crippen LogP contribution in [0.4, 0.5) is 5.82 Å². The highest BCUT2D eigenvalue weighted by Gasteiger charge is 2.20. The predicted octanol–water partition coefficient (Wildman–Crippen LogP) is 1.55. The molecule has 20 heavy (non-hydrogen) atoms. The van der Waals surface area contributed by atoms with Crippen molar-refractivity contribution in [2.45, 2.75) is 13.8 Å². The maximum Gasteiger partial charge on any atom is 0.347 e. The summed E-state index contributed by atoms with van der Waals surface area (Å²) in [5.41, 5.74) is -0.259. The van der Waals surface area contributed by atoms with Crippen LogP contribution >= 0.6 is 11.6 Å². The van der Waals surface area contributed by atoms with Crippen LogP contribution in [0.15, 0.2) is 23.9 Å². The first-order valence-corrected chi connectivity index (χ1v) is 6.26. The Morgan fingerprint density at radius 3 is 2.25 bits per heavy atom. The van der Waals surface area contributed by atoms with E-state index >= 15 is 0 Å². The summed E-state index contributed by atoms with van der Waals surface area (Å²) < 4.78 is 9.55. The summed E-state index contributed by atoms with van der Waals surface area (Å²) in [6.45, 7) is 3.57. The van der Waals surface area contributed by atoms with Gasteiger partial charge < -0.3 is 14.8 Å². The Morgan fingerprint density at radius 1 is 1.20 bits per heavy atom. The van der Waals surface area contributed by atoms with Crippen molar-refractivity contribution in [3.05, 3.63) is 29.1 Å². The quantitative estimate of drug-likeness (QED) is 0.369. The third-order valence-corrected chi connectivity index (χ3v) is 2.19. The van der Waals surface area contributed by atoms with Gasteiger partial charge in [0.15, 0.2) is 16.5 Å². The molecule has 0 fully saturated rings. The fraction of sp³-hybridized carbons (Fsp3) is 0.333. The van der Waals surface area contributed by atoms with Crippen molar-refractivity contribution >= 4 is 29.4 Å². The Kier molecular flexibility index (Phi) is 6.45. The topological polar surface area (TPSA) is 90.4 Å². The molecule has 1 aromatic rings. The zero-order chi connectivity index (χ0) is 15.0. The lowest BCUT2D eigenvalue weighted by Crippen LogP contribution is -2.19. The van der Waals surface area contributed by atoms with Gasteiger partial charge in [0.05, 0.1) is 13.2 Å². The summed E-state index contributed by atoms with van der Waals surface area (Å²) in [5.74, 6) is -1.23. The lowest BCUT2D eigenvalue weighted by molar-refractivity contribution is -0.146. The average Bonchev–Trinajstić information content (AvgIpc) is 2.42. The van der Waals surface area contributed by atoms with Gasteiger partial charge in [-0.1, -0.05) is 11.6 Å². The summed E-state index contributed by atoms with van der Waals surface area (Å²) in [4.78, 5) is 23.3. The second-order valence-corrected chi connectivity index (χ2v) is 3.77. The van der Waals surface area contributed by atoms with Crippen molar-refractivity contribution in [3.63, 3.8) is 0 Å². The van der Waals surface area contributed by atoms with Gasteiger partial charge in [0.1, 0.15) is 0 Å². The van der Waals surface area contributed by atoms with Crippen molar-refractivity contribution < 1.29 is 19.1 Å². The summed E-state index contributed by atoms with van der Waals surface area (Å²) in [5, 5.41) is 10.2. The molecule has 1 heterocycles. The molecule has 0 aliphatic carbocycles. The van der Waals surface area contributed by atoms with Gasteiger partial charge >= 0.3 is 11.9 Å². The van der Waals surface area contributed by atoms with E-state index in [2.05, 4.69) is 15.5 Å². The fourth-order valence-corrected chi connectivity index (χ4v) is 1.26. The zero-order valence-electron chi connectivity index (χ0n) is 11.1. The fourth-order valence-electron chi connectivity index (χ4n) is 1.16. The van der Waals surface area contributed by atoms with E-state index in [1.165, 1.54) is 6.07 Å². The number of halogens is 1. The van der Waals surface area contributed by atoms with Crippen molar-refractivity contribution in [2.24, 2.45) is 0 Å². The van der Waals surface area contributed by atoms with Crippen molar-refractivity contribution in [2.75, 3.05) is 18.5 Å². The molecule has 0 unspecified atom stereocenters. The molecule has 0 aromatic carbocycles. The van der Waals surface area contributed by atoms with Crippen molar-refractivity contribution in [1.29, 1.82) is 0 Å². The number of carbonyl (C=O) groups excluding carboxylic acids is 2. The van der Waals surface area contributed by atoms with E-state index in [0.717, 1.165) is 6.20 Å². The monoisotopic (exact) mass is 299 g/mol. The maximum atomic E-state index is 11.6. The molecule has 0 atom stereocenters. The van der Waals surface area contributed by atoms with Crippen molar-refractivity contribution in [1.82, 2.24) is 10.2 Å². The number of rotatable bonds is 6. The van der Waals surface area contributed by atoms with E-state index in [1.54, 1.807) is 19.9 Å². The van der Waals surface area contributed by atoms with Crippen LogP contribution in [-0.2, 0) is 19.1 Å². The largest absolute Gasteiger partial charge is 0.462 e. The van der Waals surface area contributed by atoms with Gasteiger partial charge in [0, 0.05) is 6.20 Å². The number of aromatic nitrogens is 2. The van der Waals surface area contributed by atoms with Gasteiger partial charge in [0.25, 0.3) is 0 Å². The number of ether oxygens (including phenoxy) is 2. The van der Waals surface area contributed by atoms with Gasteiger partial charge in [-0.2, -0.15) is 0 Å².